The van der Waals surface area contributed by atoms with E-state index in [0.717, 1.165) is 0 Å². The molecule has 0 aliphatic carbocycles. The minimum absolute atomic E-state index is 0.121. The van der Waals surface area contributed by atoms with Gasteiger partial charge in [0, 0.05) is 43.5 Å². The molecular weight excluding hydrogens is 356 g/mol. The van der Waals surface area contributed by atoms with E-state index in [1.165, 1.54) is 10.6 Å². The minimum Gasteiger partial charge on any atom is -0.352 e. The molecule has 1 saturated heterocycles. The molecule has 0 bridgehead atoms. The fourth-order valence-corrected chi connectivity index (χ4v) is 4.11. The molecule has 0 radical (unpaired) electrons. The number of sulfonamides is 1. The second kappa shape index (κ2) is 8.50. The molecule has 0 aromatic heterocycles. The molecular formula is C17H26N4O4S. The summed E-state index contributed by atoms with van der Waals surface area (Å²) in [5.41, 5.74) is 1.14. The Bertz CT molecular complexity index is 764. The smallest absolute Gasteiger partial charge is 0.321 e. The number of hydrogen-bond donors (Lipinski definition) is 2. The highest BCUT2D eigenvalue weighted by atomic mass is 32.2. The van der Waals surface area contributed by atoms with E-state index in [9.17, 15) is 18.0 Å². The predicted octanol–water partition coefficient (Wildman–Crippen LogP) is 1.01. The number of nitrogens with one attached hydrogen (secondary N) is 2. The highest BCUT2D eigenvalue weighted by molar-refractivity contribution is 7.88. The molecule has 2 rings (SSSR count). The first kappa shape index (κ1) is 20.2. The van der Waals surface area contributed by atoms with Crippen LogP contribution in [-0.2, 0) is 10.0 Å². The minimum atomic E-state index is -3.26. The summed E-state index contributed by atoms with van der Waals surface area (Å²) in [4.78, 5) is 25.6. The molecule has 0 unspecified atom stereocenters. The number of hydrogen-bond acceptors (Lipinski definition) is 4. The summed E-state index contributed by atoms with van der Waals surface area (Å²) >= 11 is 0. The molecule has 1 aliphatic heterocycles. The van der Waals surface area contributed by atoms with Gasteiger partial charge in [0.05, 0.1) is 6.26 Å². The molecule has 0 saturated carbocycles. The number of carbonyl (C=O) groups excluding carboxylic acids is 2. The second-order valence-corrected chi connectivity index (χ2v) is 8.45. The molecule has 8 nitrogen and oxygen atoms in total. The van der Waals surface area contributed by atoms with E-state index in [2.05, 4.69) is 10.6 Å². The van der Waals surface area contributed by atoms with Crippen LogP contribution < -0.4 is 15.5 Å². The number of rotatable bonds is 8. The number of anilines is 1. The number of nitrogens with zero attached hydrogens (tertiary/aromatic N) is 2. The topological polar surface area (TPSA) is 98.8 Å². The third-order valence-corrected chi connectivity index (χ3v) is 5.58. The average Bonchev–Trinajstić information content (AvgIpc) is 2.99. The van der Waals surface area contributed by atoms with Crippen LogP contribution >= 0.6 is 0 Å². The fourth-order valence-electron chi connectivity index (χ4n) is 2.88. The lowest BCUT2D eigenvalue weighted by molar-refractivity contribution is 0.0952. The number of benzene rings is 1. The van der Waals surface area contributed by atoms with Gasteiger partial charge in [-0.05, 0) is 38.5 Å². The summed E-state index contributed by atoms with van der Waals surface area (Å²) in [6.45, 7) is 5.51. The van der Waals surface area contributed by atoms with Crippen LogP contribution in [0.2, 0.25) is 0 Å². The van der Waals surface area contributed by atoms with Gasteiger partial charge in [-0.2, -0.15) is 4.31 Å². The zero-order valence-corrected chi connectivity index (χ0v) is 16.2. The lowest BCUT2D eigenvalue weighted by Crippen LogP contribution is -2.38. The Morgan fingerprint density at radius 2 is 2.12 bits per heavy atom. The van der Waals surface area contributed by atoms with Gasteiger partial charge < -0.3 is 10.6 Å². The van der Waals surface area contributed by atoms with Crippen molar-refractivity contribution in [3.63, 3.8) is 0 Å². The van der Waals surface area contributed by atoms with Crippen LogP contribution in [0, 0.1) is 0 Å². The molecule has 1 heterocycles. The van der Waals surface area contributed by atoms with Gasteiger partial charge in [0.2, 0.25) is 10.0 Å². The molecule has 1 aromatic carbocycles. The van der Waals surface area contributed by atoms with Crippen LogP contribution in [0.25, 0.3) is 0 Å². The number of amides is 3. The molecule has 1 aromatic rings. The van der Waals surface area contributed by atoms with E-state index in [-0.39, 0.29) is 18.0 Å². The van der Waals surface area contributed by atoms with Crippen molar-refractivity contribution in [2.75, 3.05) is 37.3 Å². The lowest BCUT2D eigenvalue weighted by atomic mass is 10.1. The lowest BCUT2D eigenvalue weighted by Gasteiger charge is -2.23. The first-order chi connectivity index (χ1) is 12.2. The number of carbonyl (C=O) groups is 2. The van der Waals surface area contributed by atoms with Crippen molar-refractivity contribution in [2.45, 2.75) is 26.3 Å². The van der Waals surface area contributed by atoms with E-state index in [0.29, 0.717) is 43.9 Å². The van der Waals surface area contributed by atoms with Gasteiger partial charge in [-0.3, -0.25) is 9.69 Å². The van der Waals surface area contributed by atoms with Crippen molar-refractivity contribution in [3.05, 3.63) is 29.8 Å². The van der Waals surface area contributed by atoms with Crippen molar-refractivity contribution in [1.29, 1.82) is 0 Å². The van der Waals surface area contributed by atoms with Crippen LogP contribution in [0.3, 0.4) is 0 Å². The van der Waals surface area contributed by atoms with Gasteiger partial charge in [-0.1, -0.05) is 6.07 Å². The van der Waals surface area contributed by atoms with Crippen molar-refractivity contribution < 1.29 is 18.0 Å². The Kier molecular flexibility index (Phi) is 6.60. The maximum Gasteiger partial charge on any atom is 0.321 e. The molecule has 0 spiro atoms. The third-order valence-electron chi connectivity index (χ3n) is 4.12. The largest absolute Gasteiger partial charge is 0.352 e. The molecule has 9 heteroatoms. The standard InChI is InChI=1S/C17H26N4O4S/c1-13(2)21(26(3,24)25)10-5-8-18-16(22)14-6-4-7-15(12-14)20-11-9-19-17(20)23/h4,6-7,12-13H,5,8-11H2,1-3H3,(H,18,22)(H,19,23). The molecule has 1 fully saturated rings. The summed E-state index contributed by atoms with van der Waals surface area (Å²) in [5, 5.41) is 5.52. The molecule has 2 N–H and O–H groups in total. The molecule has 144 valence electrons. The van der Waals surface area contributed by atoms with Gasteiger partial charge in [-0.15, -0.1) is 0 Å². The van der Waals surface area contributed by atoms with E-state index in [4.69, 9.17) is 0 Å². The Labute approximate surface area is 154 Å². The van der Waals surface area contributed by atoms with Gasteiger partial charge >= 0.3 is 6.03 Å². The average molecular weight is 382 g/mol. The fraction of sp³-hybridized carbons (Fsp3) is 0.529. The van der Waals surface area contributed by atoms with Gasteiger partial charge in [-0.25, -0.2) is 13.2 Å². The van der Waals surface area contributed by atoms with Crippen molar-refractivity contribution in [3.8, 4) is 0 Å². The van der Waals surface area contributed by atoms with Crippen LogP contribution in [-0.4, -0.2) is 63.1 Å². The zero-order valence-electron chi connectivity index (χ0n) is 15.4. The van der Waals surface area contributed by atoms with Crippen molar-refractivity contribution >= 4 is 27.6 Å². The Balaban J connectivity index is 1.89. The predicted molar refractivity (Wildman–Crippen MR) is 101 cm³/mol. The molecule has 26 heavy (non-hydrogen) atoms. The van der Waals surface area contributed by atoms with Crippen molar-refractivity contribution in [2.24, 2.45) is 0 Å². The Hall–Kier alpha value is -2.13. The van der Waals surface area contributed by atoms with Crippen LogP contribution in [0.5, 0.6) is 0 Å². The van der Waals surface area contributed by atoms with E-state index in [1.807, 2.05) is 13.8 Å². The van der Waals surface area contributed by atoms with Gasteiger partial charge in [0.25, 0.3) is 5.91 Å². The zero-order chi connectivity index (χ0) is 19.3. The third kappa shape index (κ3) is 5.18. The Morgan fingerprint density at radius 1 is 1.38 bits per heavy atom. The molecule has 0 atom stereocenters. The first-order valence-corrected chi connectivity index (χ1v) is 10.5. The number of urea groups is 1. The van der Waals surface area contributed by atoms with Gasteiger partial charge in [0.1, 0.15) is 0 Å². The normalized spacial score (nSPS) is 14.8. The van der Waals surface area contributed by atoms with Crippen LogP contribution in [0.4, 0.5) is 10.5 Å². The highest BCUT2D eigenvalue weighted by Crippen LogP contribution is 2.18. The summed E-state index contributed by atoms with van der Waals surface area (Å²) in [5.74, 6) is -0.248. The summed E-state index contributed by atoms with van der Waals surface area (Å²) < 4.78 is 24.8. The highest BCUT2D eigenvalue weighted by Gasteiger charge is 2.22. The summed E-state index contributed by atoms with van der Waals surface area (Å²) in [6, 6.07) is 6.59. The van der Waals surface area contributed by atoms with Crippen LogP contribution in [0.15, 0.2) is 24.3 Å². The summed E-state index contributed by atoms with van der Waals surface area (Å²) in [7, 11) is -3.26. The Morgan fingerprint density at radius 3 is 2.69 bits per heavy atom. The molecule has 3 amide bonds. The quantitative estimate of drug-likeness (QED) is 0.656. The molecule has 1 aliphatic rings. The van der Waals surface area contributed by atoms with E-state index >= 15 is 0 Å². The van der Waals surface area contributed by atoms with E-state index in [1.54, 1.807) is 29.2 Å². The maximum absolute atomic E-state index is 12.3. The van der Waals surface area contributed by atoms with E-state index < -0.39 is 10.0 Å². The van der Waals surface area contributed by atoms with Gasteiger partial charge in [0.15, 0.2) is 0 Å². The van der Waals surface area contributed by atoms with Crippen molar-refractivity contribution in [1.82, 2.24) is 14.9 Å². The second-order valence-electron chi connectivity index (χ2n) is 6.51. The summed E-state index contributed by atoms with van der Waals surface area (Å²) in [6.07, 6.45) is 1.71. The monoisotopic (exact) mass is 382 g/mol. The van der Waals surface area contributed by atoms with Crippen LogP contribution in [0.1, 0.15) is 30.6 Å². The SMILES string of the molecule is CC(C)N(CCCNC(=O)c1cccc(N2CCNC2=O)c1)S(C)(=O)=O. The first-order valence-electron chi connectivity index (χ1n) is 8.60. The maximum atomic E-state index is 12.3.